The predicted molar refractivity (Wildman–Crippen MR) is 193 cm³/mol. The molecule has 13 heteroatoms. The maximum absolute atomic E-state index is 12.1. The van der Waals surface area contributed by atoms with Gasteiger partial charge in [-0.25, -0.2) is 4.18 Å². The molecule has 0 aromatic carbocycles. The van der Waals surface area contributed by atoms with E-state index in [1.54, 1.807) is 0 Å². The zero-order chi connectivity index (χ0) is 36.9. The summed E-state index contributed by atoms with van der Waals surface area (Å²) in [6.07, 6.45) is 26.0. The summed E-state index contributed by atoms with van der Waals surface area (Å²) in [5, 5.41) is 30.2. The van der Waals surface area contributed by atoms with Crippen LogP contribution in [0.3, 0.4) is 0 Å². The number of esters is 1. The van der Waals surface area contributed by atoms with Gasteiger partial charge in [0.15, 0.2) is 6.29 Å². The molecule has 1 aliphatic heterocycles. The predicted octanol–water partition coefficient (Wildman–Crippen LogP) is 5.84. The van der Waals surface area contributed by atoms with Crippen molar-refractivity contribution in [2.24, 2.45) is 0 Å². The van der Waals surface area contributed by atoms with Crippen LogP contribution in [0.4, 0.5) is 0 Å². The van der Waals surface area contributed by atoms with E-state index in [2.05, 4.69) is 71.9 Å². The summed E-state index contributed by atoms with van der Waals surface area (Å²) in [6.45, 7) is 3.40. The highest BCUT2D eigenvalue weighted by molar-refractivity contribution is 7.80. The molecule has 0 bridgehead atoms. The van der Waals surface area contributed by atoms with Crippen LogP contribution in [0.25, 0.3) is 0 Å². The summed E-state index contributed by atoms with van der Waals surface area (Å²) in [5.74, 6) is -0.462. The van der Waals surface area contributed by atoms with Gasteiger partial charge in [-0.3, -0.25) is 9.35 Å². The van der Waals surface area contributed by atoms with Gasteiger partial charge in [0, 0.05) is 13.0 Å². The second-order valence-electron chi connectivity index (χ2n) is 12.1. The monoisotopic (exact) mass is 730 g/mol. The smallest absolute Gasteiger partial charge is 0.397 e. The molecule has 1 rings (SSSR count). The van der Waals surface area contributed by atoms with Crippen molar-refractivity contribution in [3.8, 4) is 0 Å². The van der Waals surface area contributed by atoms with Crippen LogP contribution in [-0.4, -0.2) is 97.5 Å². The third-order valence-corrected chi connectivity index (χ3v) is 8.09. The minimum atomic E-state index is -5.05. The zero-order valence-electron chi connectivity index (χ0n) is 29.9. The van der Waals surface area contributed by atoms with Crippen molar-refractivity contribution in [3.05, 3.63) is 60.8 Å². The lowest BCUT2D eigenvalue weighted by molar-refractivity contribution is -0.301. The lowest BCUT2D eigenvalue weighted by Crippen LogP contribution is -2.60. The van der Waals surface area contributed by atoms with Crippen molar-refractivity contribution in [1.29, 1.82) is 0 Å². The minimum Gasteiger partial charge on any atom is -0.457 e. The Labute approximate surface area is 299 Å². The van der Waals surface area contributed by atoms with Gasteiger partial charge in [0.2, 0.25) is 0 Å². The van der Waals surface area contributed by atoms with Gasteiger partial charge in [-0.1, -0.05) is 100 Å². The molecule has 0 spiro atoms. The molecule has 1 aliphatic rings. The van der Waals surface area contributed by atoms with Crippen LogP contribution in [0.15, 0.2) is 60.8 Å². The standard InChI is InChI=1S/C37H62O12S/c1-3-5-6-7-8-9-10-11-12-13-14-15-16-17-18-19-20-21-22-23-24-25-27-45-29-31(47-33(39)26-4-2)30-46-37-35(41)36(49-50(42,43)44)34(40)32(28-38)48-37/h5-6,8-9,11-12,14-15,17-18,31-32,34-38,40-41H,3-4,7,10,13,16,19-30H2,1-2H3,(H,42,43,44)/b6-5-,9-8-,12-11-,15-14-,18-17-. The largest absolute Gasteiger partial charge is 0.457 e. The van der Waals surface area contributed by atoms with Crippen LogP contribution in [0.5, 0.6) is 0 Å². The molecular weight excluding hydrogens is 668 g/mol. The van der Waals surface area contributed by atoms with Gasteiger partial charge in [-0.05, 0) is 57.8 Å². The number of rotatable bonds is 29. The van der Waals surface area contributed by atoms with Crippen molar-refractivity contribution in [2.75, 3.05) is 26.4 Å². The van der Waals surface area contributed by atoms with Crippen LogP contribution in [0, 0.1) is 0 Å². The van der Waals surface area contributed by atoms with Gasteiger partial charge in [0.1, 0.15) is 30.5 Å². The van der Waals surface area contributed by atoms with Crippen LogP contribution in [-0.2, 0) is 38.3 Å². The Morgan fingerprint density at radius 1 is 0.780 bits per heavy atom. The lowest BCUT2D eigenvalue weighted by atomic mass is 9.99. The van der Waals surface area contributed by atoms with E-state index in [-0.39, 0.29) is 19.6 Å². The van der Waals surface area contributed by atoms with Gasteiger partial charge in [0.05, 0.1) is 19.8 Å². The van der Waals surface area contributed by atoms with Crippen molar-refractivity contribution in [3.63, 3.8) is 0 Å². The van der Waals surface area contributed by atoms with Crippen LogP contribution < -0.4 is 0 Å². The molecule has 0 aromatic heterocycles. The number of hydrogen-bond acceptors (Lipinski definition) is 11. The molecule has 0 aromatic rings. The topological polar surface area (TPSA) is 178 Å². The summed E-state index contributed by atoms with van der Waals surface area (Å²) < 4.78 is 57.9. The van der Waals surface area contributed by atoms with E-state index in [4.69, 9.17) is 23.5 Å². The minimum absolute atomic E-state index is 0.0164. The highest BCUT2D eigenvalue weighted by Crippen LogP contribution is 2.26. The normalized spacial score (nSPS) is 22.6. The Balaban J connectivity index is 2.24. The zero-order valence-corrected chi connectivity index (χ0v) is 30.7. The molecular formula is C37H62O12S. The van der Waals surface area contributed by atoms with Gasteiger partial charge in [-0.15, -0.1) is 0 Å². The van der Waals surface area contributed by atoms with E-state index in [1.165, 1.54) is 6.42 Å². The fourth-order valence-electron chi connectivity index (χ4n) is 4.97. The Hall–Kier alpha value is -2.20. The van der Waals surface area contributed by atoms with Gasteiger partial charge in [-0.2, -0.15) is 8.42 Å². The molecule has 288 valence electrons. The number of hydrogen-bond donors (Lipinski definition) is 4. The Bertz CT molecular complexity index is 1120. The molecule has 1 heterocycles. The molecule has 0 saturated carbocycles. The molecule has 50 heavy (non-hydrogen) atoms. The quantitative estimate of drug-likeness (QED) is 0.0313. The number of ether oxygens (including phenoxy) is 4. The average molecular weight is 731 g/mol. The first-order chi connectivity index (χ1) is 24.1. The van der Waals surface area contributed by atoms with E-state index in [1.807, 2.05) is 6.92 Å². The number of aliphatic hydroxyl groups is 3. The molecule has 0 aliphatic carbocycles. The van der Waals surface area contributed by atoms with Crippen molar-refractivity contribution in [1.82, 2.24) is 0 Å². The van der Waals surface area contributed by atoms with Gasteiger partial charge < -0.3 is 34.3 Å². The SMILES string of the molecule is CC/C=C\C/C=C\C/C=C\C/C=C\C/C=C\CCCCCCCCOCC(COC1OC(CO)C(O)C(OS(=O)(=O)O)C1O)OC(=O)CCC. The number of aliphatic hydroxyl groups excluding tert-OH is 3. The fraction of sp³-hybridized carbons (Fsp3) is 0.703. The molecule has 6 unspecified atom stereocenters. The maximum atomic E-state index is 12.1. The molecule has 1 saturated heterocycles. The third kappa shape index (κ3) is 23.3. The third-order valence-electron chi connectivity index (χ3n) is 7.62. The molecule has 4 N–H and O–H groups in total. The van der Waals surface area contributed by atoms with E-state index < -0.39 is 59.8 Å². The van der Waals surface area contributed by atoms with Crippen LogP contribution >= 0.6 is 0 Å². The van der Waals surface area contributed by atoms with E-state index >= 15 is 0 Å². The van der Waals surface area contributed by atoms with Crippen LogP contribution in [0.1, 0.15) is 104 Å². The first-order valence-electron chi connectivity index (χ1n) is 18.0. The van der Waals surface area contributed by atoms with Gasteiger partial charge in [0.25, 0.3) is 0 Å². The van der Waals surface area contributed by atoms with Gasteiger partial charge >= 0.3 is 16.4 Å². The highest BCUT2D eigenvalue weighted by Gasteiger charge is 2.48. The number of unbranched alkanes of at least 4 members (excludes halogenated alkanes) is 6. The average Bonchev–Trinajstić information content (AvgIpc) is 3.07. The van der Waals surface area contributed by atoms with E-state index in [9.17, 15) is 28.5 Å². The van der Waals surface area contributed by atoms with Crippen molar-refractivity contribution in [2.45, 2.75) is 141 Å². The van der Waals surface area contributed by atoms with Crippen molar-refractivity contribution < 1.29 is 56.2 Å². The van der Waals surface area contributed by atoms with E-state index in [0.717, 1.165) is 70.6 Å². The molecule has 0 radical (unpaired) electrons. The summed E-state index contributed by atoms with van der Waals surface area (Å²) >= 11 is 0. The summed E-state index contributed by atoms with van der Waals surface area (Å²) in [5.41, 5.74) is 0. The molecule has 1 fully saturated rings. The molecule has 12 nitrogen and oxygen atoms in total. The first kappa shape index (κ1) is 45.8. The molecule has 0 amide bonds. The summed E-state index contributed by atoms with van der Waals surface area (Å²) in [4.78, 5) is 12.1. The fourth-order valence-corrected chi connectivity index (χ4v) is 5.48. The Morgan fingerprint density at radius 2 is 1.34 bits per heavy atom. The summed E-state index contributed by atoms with van der Waals surface area (Å²) in [6, 6.07) is 0. The second-order valence-corrected chi connectivity index (χ2v) is 13.1. The van der Waals surface area contributed by atoms with E-state index in [0.29, 0.717) is 13.0 Å². The first-order valence-corrected chi connectivity index (χ1v) is 19.4. The number of carbonyl (C=O) groups excluding carboxylic acids is 1. The lowest BCUT2D eigenvalue weighted by Gasteiger charge is -2.41. The summed E-state index contributed by atoms with van der Waals surface area (Å²) in [7, 11) is -5.05. The number of allylic oxidation sites excluding steroid dienone is 10. The Morgan fingerprint density at radius 3 is 1.90 bits per heavy atom. The highest BCUT2D eigenvalue weighted by atomic mass is 32.3. The molecule has 6 atom stereocenters. The number of carbonyl (C=O) groups is 1. The van der Waals surface area contributed by atoms with Crippen LogP contribution in [0.2, 0.25) is 0 Å². The second kappa shape index (κ2) is 29.4. The maximum Gasteiger partial charge on any atom is 0.397 e. The Kier molecular flexibility index (Phi) is 26.9. The van der Waals surface area contributed by atoms with Crippen molar-refractivity contribution >= 4 is 16.4 Å².